The molecule has 0 bridgehead atoms. The molecule has 2 unspecified atom stereocenters. The number of halogens is 1. The summed E-state index contributed by atoms with van der Waals surface area (Å²) in [5.41, 5.74) is 2.34. The summed E-state index contributed by atoms with van der Waals surface area (Å²) < 4.78 is 11.8. The van der Waals surface area contributed by atoms with E-state index in [0.29, 0.717) is 19.1 Å². The Labute approximate surface area is 186 Å². The minimum atomic E-state index is 0. The van der Waals surface area contributed by atoms with Crippen LogP contribution in [0.1, 0.15) is 30.4 Å². The molecule has 1 aromatic carbocycles. The molecule has 1 aromatic rings. The average Bonchev–Trinajstić information content (AvgIpc) is 3.33. The summed E-state index contributed by atoms with van der Waals surface area (Å²) >= 11 is 0. The molecule has 2 aliphatic rings. The topological polar surface area (TPSA) is 58.1 Å². The molecule has 2 heterocycles. The fourth-order valence-corrected chi connectivity index (χ4v) is 3.73. The highest BCUT2D eigenvalue weighted by molar-refractivity contribution is 14.0. The minimum absolute atomic E-state index is 0. The van der Waals surface area contributed by atoms with Crippen LogP contribution in [0.5, 0.6) is 5.75 Å². The molecule has 0 saturated carbocycles. The highest BCUT2D eigenvalue weighted by atomic mass is 127. The van der Waals surface area contributed by atoms with E-state index in [4.69, 9.17) is 9.47 Å². The van der Waals surface area contributed by atoms with E-state index in [1.54, 1.807) is 0 Å². The van der Waals surface area contributed by atoms with Gasteiger partial charge in [-0.2, -0.15) is 0 Å². The first kappa shape index (κ1) is 23.2. The second kappa shape index (κ2) is 11.8. The van der Waals surface area contributed by atoms with Crippen molar-refractivity contribution >= 4 is 29.9 Å². The molecule has 7 heteroatoms. The van der Waals surface area contributed by atoms with Crippen molar-refractivity contribution in [2.24, 2.45) is 10.9 Å². The quantitative estimate of drug-likeness (QED) is 0.341. The van der Waals surface area contributed by atoms with Crippen molar-refractivity contribution in [1.82, 2.24) is 15.5 Å². The first-order chi connectivity index (χ1) is 13.1. The average molecular weight is 502 g/mol. The molecular weight excluding hydrogens is 467 g/mol. The van der Waals surface area contributed by atoms with E-state index in [9.17, 15) is 0 Å². The molecule has 2 aliphatic heterocycles. The van der Waals surface area contributed by atoms with Crippen molar-refractivity contribution in [3.8, 4) is 5.75 Å². The van der Waals surface area contributed by atoms with Gasteiger partial charge in [0.15, 0.2) is 5.96 Å². The van der Waals surface area contributed by atoms with Gasteiger partial charge >= 0.3 is 0 Å². The van der Waals surface area contributed by atoms with Crippen molar-refractivity contribution in [1.29, 1.82) is 0 Å². The number of rotatable bonds is 7. The molecule has 158 valence electrons. The van der Waals surface area contributed by atoms with E-state index >= 15 is 0 Å². The molecular formula is C21H35IN4O2. The van der Waals surface area contributed by atoms with Gasteiger partial charge in [0.05, 0.1) is 6.10 Å². The number of hydrogen-bond donors (Lipinski definition) is 2. The summed E-state index contributed by atoms with van der Waals surface area (Å²) in [6, 6.07) is 6.36. The molecule has 0 amide bonds. The molecule has 0 radical (unpaired) electrons. The van der Waals surface area contributed by atoms with Crippen LogP contribution in [0.15, 0.2) is 23.2 Å². The number of aliphatic imine (C=N–C) groups is 1. The predicted molar refractivity (Wildman–Crippen MR) is 125 cm³/mol. The summed E-state index contributed by atoms with van der Waals surface area (Å²) in [5, 5.41) is 6.88. The van der Waals surface area contributed by atoms with Crippen LogP contribution in [0.4, 0.5) is 0 Å². The SMILES string of the molecule is CN=C(NCc1ccc(C)cc1OCC1CCCO1)NCC1CCN(C)C1.I. The number of nitrogens with zero attached hydrogens (tertiary/aromatic N) is 2. The lowest BCUT2D eigenvalue weighted by Crippen LogP contribution is -2.39. The Balaban J connectivity index is 0.00000280. The zero-order chi connectivity index (χ0) is 19.1. The third-order valence-electron chi connectivity index (χ3n) is 5.39. The van der Waals surface area contributed by atoms with Crippen molar-refractivity contribution in [2.45, 2.75) is 38.8 Å². The van der Waals surface area contributed by atoms with Crippen LogP contribution in [0.3, 0.4) is 0 Å². The number of nitrogens with one attached hydrogen (secondary N) is 2. The largest absolute Gasteiger partial charge is 0.491 e. The van der Waals surface area contributed by atoms with Crippen LogP contribution < -0.4 is 15.4 Å². The monoisotopic (exact) mass is 502 g/mol. The standard InChI is InChI=1S/C21H34N4O2.HI/c1-16-6-7-18(20(11-16)27-15-19-5-4-10-26-19)13-24-21(22-2)23-12-17-8-9-25(3)14-17;/h6-7,11,17,19H,4-5,8-10,12-15H2,1-3H3,(H2,22,23,24);1H. The van der Waals surface area contributed by atoms with Gasteiger partial charge in [-0.3, -0.25) is 4.99 Å². The van der Waals surface area contributed by atoms with E-state index < -0.39 is 0 Å². The third kappa shape index (κ3) is 7.08. The molecule has 2 N–H and O–H groups in total. The number of hydrogen-bond acceptors (Lipinski definition) is 4. The second-order valence-electron chi connectivity index (χ2n) is 7.78. The third-order valence-corrected chi connectivity index (χ3v) is 5.39. The lowest BCUT2D eigenvalue weighted by Gasteiger charge is -2.18. The van der Waals surface area contributed by atoms with Gasteiger partial charge in [0, 0.05) is 38.9 Å². The molecule has 2 atom stereocenters. The Morgan fingerprint density at radius 3 is 2.86 bits per heavy atom. The summed E-state index contributed by atoms with van der Waals surface area (Å²) in [4.78, 5) is 6.74. The first-order valence-corrected chi connectivity index (χ1v) is 10.1. The van der Waals surface area contributed by atoms with Gasteiger partial charge in [-0.25, -0.2) is 0 Å². The van der Waals surface area contributed by atoms with E-state index in [2.05, 4.69) is 52.7 Å². The van der Waals surface area contributed by atoms with Crippen LogP contribution in [-0.2, 0) is 11.3 Å². The van der Waals surface area contributed by atoms with E-state index in [1.165, 1.54) is 18.5 Å². The lowest BCUT2D eigenvalue weighted by atomic mass is 10.1. The lowest BCUT2D eigenvalue weighted by molar-refractivity contribution is 0.0676. The molecule has 2 saturated heterocycles. The minimum Gasteiger partial charge on any atom is -0.491 e. The van der Waals surface area contributed by atoms with Crippen LogP contribution >= 0.6 is 24.0 Å². The second-order valence-corrected chi connectivity index (χ2v) is 7.78. The number of ether oxygens (including phenoxy) is 2. The Hall–Kier alpha value is -1.06. The first-order valence-electron chi connectivity index (χ1n) is 10.1. The summed E-state index contributed by atoms with van der Waals surface area (Å²) in [6.45, 7) is 7.56. The van der Waals surface area contributed by atoms with Gasteiger partial charge in [0.1, 0.15) is 12.4 Å². The van der Waals surface area contributed by atoms with Gasteiger partial charge in [0.2, 0.25) is 0 Å². The van der Waals surface area contributed by atoms with Crippen LogP contribution in [0.25, 0.3) is 0 Å². The van der Waals surface area contributed by atoms with Crippen molar-refractivity contribution in [2.75, 3.05) is 46.9 Å². The maximum atomic E-state index is 6.09. The highest BCUT2D eigenvalue weighted by Crippen LogP contribution is 2.22. The molecule has 2 fully saturated rings. The normalized spacial score (nSPS) is 22.8. The van der Waals surface area contributed by atoms with E-state index in [-0.39, 0.29) is 30.1 Å². The van der Waals surface area contributed by atoms with E-state index in [1.807, 2.05) is 7.05 Å². The maximum absolute atomic E-state index is 6.09. The Bertz CT molecular complexity index is 635. The van der Waals surface area contributed by atoms with Gasteiger partial charge in [-0.15, -0.1) is 24.0 Å². The Morgan fingerprint density at radius 1 is 1.32 bits per heavy atom. The van der Waals surface area contributed by atoms with Crippen LogP contribution in [-0.4, -0.2) is 63.9 Å². The fraction of sp³-hybridized carbons (Fsp3) is 0.667. The zero-order valence-corrected chi connectivity index (χ0v) is 19.7. The molecule has 3 rings (SSSR count). The number of likely N-dealkylation sites (tertiary alicyclic amines) is 1. The smallest absolute Gasteiger partial charge is 0.191 e. The van der Waals surface area contributed by atoms with Gasteiger partial charge in [0.25, 0.3) is 0 Å². The molecule has 0 aliphatic carbocycles. The summed E-state index contributed by atoms with van der Waals surface area (Å²) in [5.74, 6) is 2.47. The maximum Gasteiger partial charge on any atom is 0.191 e. The van der Waals surface area contributed by atoms with Crippen molar-refractivity contribution in [3.63, 3.8) is 0 Å². The van der Waals surface area contributed by atoms with Gasteiger partial charge in [-0.1, -0.05) is 12.1 Å². The number of benzene rings is 1. The Morgan fingerprint density at radius 2 is 2.18 bits per heavy atom. The summed E-state index contributed by atoms with van der Waals surface area (Å²) in [6.07, 6.45) is 3.70. The number of guanidine groups is 1. The Kier molecular flexibility index (Phi) is 9.81. The number of aryl methyl sites for hydroxylation is 1. The van der Waals surface area contributed by atoms with Crippen molar-refractivity contribution in [3.05, 3.63) is 29.3 Å². The highest BCUT2D eigenvalue weighted by Gasteiger charge is 2.19. The predicted octanol–water partition coefficient (Wildman–Crippen LogP) is 2.79. The van der Waals surface area contributed by atoms with Gasteiger partial charge < -0.3 is 25.0 Å². The molecule has 6 nitrogen and oxygen atoms in total. The molecule has 0 spiro atoms. The van der Waals surface area contributed by atoms with Gasteiger partial charge in [-0.05, 0) is 57.3 Å². The molecule has 0 aromatic heterocycles. The molecule has 28 heavy (non-hydrogen) atoms. The van der Waals surface area contributed by atoms with Crippen LogP contribution in [0.2, 0.25) is 0 Å². The van der Waals surface area contributed by atoms with Crippen LogP contribution in [0, 0.1) is 12.8 Å². The van der Waals surface area contributed by atoms with E-state index in [0.717, 1.165) is 49.8 Å². The summed E-state index contributed by atoms with van der Waals surface area (Å²) in [7, 11) is 4.00. The van der Waals surface area contributed by atoms with Crippen molar-refractivity contribution < 1.29 is 9.47 Å². The zero-order valence-electron chi connectivity index (χ0n) is 17.4. The fourth-order valence-electron chi connectivity index (χ4n) is 3.73.